The van der Waals surface area contributed by atoms with Gasteiger partial charge in [0.25, 0.3) is 0 Å². The van der Waals surface area contributed by atoms with E-state index in [1.807, 2.05) is 24.3 Å². The number of nitrogens with one attached hydrogen (secondary N) is 1. The van der Waals surface area contributed by atoms with E-state index in [0.717, 1.165) is 37.6 Å². The molecule has 0 atom stereocenters. The number of ether oxygens (including phenoxy) is 1. The van der Waals surface area contributed by atoms with Crippen LogP contribution < -0.4 is 20.1 Å². The van der Waals surface area contributed by atoms with Gasteiger partial charge in [-0.15, -0.1) is 0 Å². The van der Waals surface area contributed by atoms with E-state index in [-0.39, 0.29) is 17.3 Å². The molecule has 8 nitrogen and oxygen atoms in total. The summed E-state index contributed by atoms with van der Waals surface area (Å²) in [5.41, 5.74) is 1.51. The summed E-state index contributed by atoms with van der Waals surface area (Å²) in [6.45, 7) is 3.36. The second-order valence-electron chi connectivity index (χ2n) is 6.59. The maximum atomic E-state index is 12.3. The molecular weight excluding hydrogens is 380 g/mol. The van der Waals surface area contributed by atoms with E-state index in [9.17, 15) is 13.2 Å². The Kier molecular flexibility index (Phi) is 6.18. The number of primary sulfonamides is 1. The maximum Gasteiger partial charge on any atom is 0.238 e. The molecule has 1 aliphatic heterocycles. The largest absolute Gasteiger partial charge is 0.497 e. The topological polar surface area (TPSA) is 105 Å². The molecule has 1 fully saturated rings. The molecule has 9 heteroatoms. The molecule has 1 aliphatic rings. The molecule has 0 aliphatic carbocycles. The Balaban J connectivity index is 1.52. The van der Waals surface area contributed by atoms with Crippen LogP contribution in [0.5, 0.6) is 5.75 Å². The predicted octanol–water partition coefficient (Wildman–Crippen LogP) is 1.10. The average molecular weight is 404 g/mol. The van der Waals surface area contributed by atoms with Crippen LogP contribution in [0.4, 0.5) is 11.4 Å². The van der Waals surface area contributed by atoms with Gasteiger partial charge in [-0.05, 0) is 30.3 Å². The number of piperazine rings is 1. The summed E-state index contributed by atoms with van der Waals surface area (Å²) in [6.07, 6.45) is 0. The molecule has 2 aromatic carbocycles. The van der Waals surface area contributed by atoms with Gasteiger partial charge in [0.1, 0.15) is 5.75 Å². The minimum atomic E-state index is -3.80. The first-order valence-electron chi connectivity index (χ1n) is 8.89. The van der Waals surface area contributed by atoms with Gasteiger partial charge in [0, 0.05) is 43.6 Å². The van der Waals surface area contributed by atoms with Gasteiger partial charge in [-0.1, -0.05) is 12.1 Å². The first-order valence-corrected chi connectivity index (χ1v) is 10.4. The SMILES string of the molecule is COc1cccc(N2CCN(CC(=O)Nc3cccc(S(N)(=O)=O)c3)CC2)c1. The fourth-order valence-corrected chi connectivity index (χ4v) is 3.69. The van der Waals surface area contributed by atoms with Crippen molar-refractivity contribution in [2.45, 2.75) is 4.90 Å². The first kappa shape index (κ1) is 20.1. The summed E-state index contributed by atoms with van der Waals surface area (Å²) < 4.78 is 28.1. The number of methoxy groups -OCH3 is 1. The van der Waals surface area contributed by atoms with Gasteiger partial charge in [-0.25, -0.2) is 13.6 Å². The van der Waals surface area contributed by atoms with Gasteiger partial charge in [0.2, 0.25) is 15.9 Å². The molecule has 28 heavy (non-hydrogen) atoms. The smallest absolute Gasteiger partial charge is 0.238 e. The highest BCUT2D eigenvalue weighted by atomic mass is 32.2. The molecule has 0 radical (unpaired) electrons. The number of hydrogen-bond donors (Lipinski definition) is 2. The molecule has 0 spiro atoms. The van der Waals surface area contributed by atoms with Crippen LogP contribution in [0.15, 0.2) is 53.4 Å². The van der Waals surface area contributed by atoms with Crippen LogP contribution in [0, 0.1) is 0 Å². The Morgan fingerprint density at radius 1 is 1.11 bits per heavy atom. The van der Waals surface area contributed by atoms with Crippen molar-refractivity contribution in [3.8, 4) is 5.75 Å². The van der Waals surface area contributed by atoms with E-state index >= 15 is 0 Å². The summed E-state index contributed by atoms with van der Waals surface area (Å²) in [7, 11) is -2.15. The van der Waals surface area contributed by atoms with Gasteiger partial charge in [0.15, 0.2) is 0 Å². The molecule has 1 saturated heterocycles. The minimum absolute atomic E-state index is 0.0304. The van der Waals surface area contributed by atoms with Gasteiger partial charge < -0.3 is 15.0 Å². The Morgan fingerprint density at radius 3 is 2.50 bits per heavy atom. The van der Waals surface area contributed by atoms with Crippen molar-refractivity contribution in [2.24, 2.45) is 5.14 Å². The summed E-state index contributed by atoms with van der Waals surface area (Å²) >= 11 is 0. The number of rotatable bonds is 6. The summed E-state index contributed by atoms with van der Waals surface area (Å²) in [5, 5.41) is 7.85. The zero-order valence-corrected chi connectivity index (χ0v) is 16.5. The van der Waals surface area contributed by atoms with Crippen molar-refractivity contribution in [2.75, 3.05) is 50.1 Å². The van der Waals surface area contributed by atoms with Crippen molar-refractivity contribution in [1.29, 1.82) is 0 Å². The zero-order valence-electron chi connectivity index (χ0n) is 15.7. The predicted molar refractivity (Wildman–Crippen MR) is 108 cm³/mol. The van der Waals surface area contributed by atoms with Crippen LogP contribution in [0.25, 0.3) is 0 Å². The Morgan fingerprint density at radius 2 is 1.82 bits per heavy atom. The quantitative estimate of drug-likeness (QED) is 0.747. The number of amides is 1. The lowest BCUT2D eigenvalue weighted by Crippen LogP contribution is -2.48. The third-order valence-electron chi connectivity index (χ3n) is 4.60. The highest BCUT2D eigenvalue weighted by Gasteiger charge is 2.20. The van der Waals surface area contributed by atoms with Crippen molar-refractivity contribution in [1.82, 2.24) is 4.90 Å². The molecule has 3 rings (SSSR count). The molecule has 0 saturated carbocycles. The standard InChI is InChI=1S/C19H24N4O4S/c1-27-17-6-3-5-16(13-17)23-10-8-22(9-11-23)14-19(24)21-15-4-2-7-18(12-15)28(20,25)26/h2-7,12-13H,8-11,14H2,1H3,(H,21,24)(H2,20,25,26). The summed E-state index contributed by atoms with van der Waals surface area (Å²) in [4.78, 5) is 16.6. The third kappa shape index (κ3) is 5.22. The normalized spacial score (nSPS) is 15.3. The van der Waals surface area contributed by atoms with Crippen LogP contribution in [0.2, 0.25) is 0 Å². The molecule has 3 N–H and O–H groups in total. The fourth-order valence-electron chi connectivity index (χ4n) is 3.13. The van der Waals surface area contributed by atoms with E-state index in [1.165, 1.54) is 12.1 Å². The van der Waals surface area contributed by atoms with Gasteiger partial charge in [-0.2, -0.15) is 0 Å². The molecule has 1 amide bonds. The van der Waals surface area contributed by atoms with Gasteiger partial charge in [-0.3, -0.25) is 9.69 Å². The number of nitrogens with two attached hydrogens (primary N) is 1. The molecule has 0 unspecified atom stereocenters. The summed E-state index contributed by atoms with van der Waals surface area (Å²) in [6, 6.07) is 13.8. The lowest BCUT2D eigenvalue weighted by molar-refractivity contribution is -0.117. The van der Waals surface area contributed by atoms with E-state index in [4.69, 9.17) is 9.88 Å². The molecular formula is C19H24N4O4S. The number of nitrogens with zero attached hydrogens (tertiary/aromatic N) is 2. The Bertz CT molecular complexity index is 940. The Labute approximate surface area is 164 Å². The van der Waals surface area contributed by atoms with Crippen molar-refractivity contribution < 1.29 is 17.9 Å². The van der Waals surface area contributed by atoms with Crippen LogP contribution in [-0.4, -0.2) is 59.1 Å². The van der Waals surface area contributed by atoms with Crippen LogP contribution in [0.1, 0.15) is 0 Å². The molecule has 1 heterocycles. The number of carbonyl (C=O) groups is 1. The van der Waals surface area contributed by atoms with Crippen molar-refractivity contribution in [3.05, 3.63) is 48.5 Å². The highest BCUT2D eigenvalue weighted by molar-refractivity contribution is 7.89. The average Bonchev–Trinajstić information content (AvgIpc) is 2.68. The number of carbonyl (C=O) groups excluding carboxylic acids is 1. The highest BCUT2D eigenvalue weighted by Crippen LogP contribution is 2.22. The Hall–Kier alpha value is -2.62. The maximum absolute atomic E-state index is 12.3. The number of sulfonamides is 1. The van der Waals surface area contributed by atoms with E-state index in [0.29, 0.717) is 5.69 Å². The van der Waals surface area contributed by atoms with Gasteiger partial charge >= 0.3 is 0 Å². The second kappa shape index (κ2) is 8.59. The zero-order chi connectivity index (χ0) is 20.1. The van der Waals surface area contributed by atoms with Crippen molar-refractivity contribution >= 4 is 27.3 Å². The van der Waals surface area contributed by atoms with E-state index < -0.39 is 10.0 Å². The second-order valence-corrected chi connectivity index (χ2v) is 8.15. The first-order chi connectivity index (χ1) is 13.3. The minimum Gasteiger partial charge on any atom is -0.497 e. The molecule has 150 valence electrons. The molecule has 0 aromatic heterocycles. The fraction of sp³-hybridized carbons (Fsp3) is 0.316. The van der Waals surface area contributed by atoms with Crippen LogP contribution in [-0.2, 0) is 14.8 Å². The number of hydrogen-bond acceptors (Lipinski definition) is 6. The third-order valence-corrected chi connectivity index (χ3v) is 5.52. The molecule has 2 aromatic rings. The monoisotopic (exact) mass is 404 g/mol. The lowest BCUT2D eigenvalue weighted by atomic mass is 10.2. The van der Waals surface area contributed by atoms with Crippen LogP contribution in [0.3, 0.4) is 0 Å². The van der Waals surface area contributed by atoms with Gasteiger partial charge in [0.05, 0.1) is 18.6 Å². The number of benzene rings is 2. The molecule has 0 bridgehead atoms. The van der Waals surface area contributed by atoms with Crippen LogP contribution >= 0.6 is 0 Å². The lowest BCUT2D eigenvalue weighted by Gasteiger charge is -2.35. The summed E-state index contributed by atoms with van der Waals surface area (Å²) in [5.74, 6) is 0.627. The van der Waals surface area contributed by atoms with Crippen molar-refractivity contribution in [3.63, 3.8) is 0 Å². The van der Waals surface area contributed by atoms with E-state index in [1.54, 1.807) is 19.2 Å². The van der Waals surface area contributed by atoms with E-state index in [2.05, 4.69) is 15.1 Å². The number of anilines is 2.